The lowest BCUT2D eigenvalue weighted by atomic mass is 9.80. The Morgan fingerprint density at radius 1 is 1.25 bits per heavy atom. The van der Waals surface area contributed by atoms with Crippen LogP contribution in [0.2, 0.25) is 10.0 Å². The summed E-state index contributed by atoms with van der Waals surface area (Å²) >= 11 is 12.3. The van der Waals surface area contributed by atoms with Gasteiger partial charge in [-0.2, -0.15) is 4.98 Å². The zero-order valence-corrected chi connectivity index (χ0v) is 13.8. The molecule has 0 bridgehead atoms. The van der Waals surface area contributed by atoms with Gasteiger partial charge >= 0.3 is 0 Å². The van der Waals surface area contributed by atoms with E-state index in [1.807, 2.05) is 6.92 Å². The number of anilines is 1. The van der Waals surface area contributed by atoms with E-state index in [2.05, 4.69) is 24.1 Å². The quantitative estimate of drug-likeness (QED) is 0.846. The Morgan fingerprint density at radius 2 is 2.00 bits per heavy atom. The molecule has 3 nitrogen and oxygen atoms in total. The van der Waals surface area contributed by atoms with E-state index in [0.29, 0.717) is 27.7 Å². The number of aromatic nitrogens is 1. The van der Waals surface area contributed by atoms with Crippen molar-refractivity contribution in [2.75, 3.05) is 11.9 Å². The predicted octanol–water partition coefficient (Wildman–Crippen LogP) is 5.02. The van der Waals surface area contributed by atoms with E-state index in [1.54, 1.807) is 6.07 Å². The molecule has 5 heteroatoms. The van der Waals surface area contributed by atoms with E-state index in [1.165, 1.54) is 6.42 Å². The summed E-state index contributed by atoms with van der Waals surface area (Å²) in [5.41, 5.74) is 0. The third-order valence-corrected chi connectivity index (χ3v) is 4.63. The van der Waals surface area contributed by atoms with Gasteiger partial charge in [-0.1, -0.05) is 37.0 Å². The minimum Gasteiger partial charge on any atom is -0.473 e. The highest BCUT2D eigenvalue weighted by atomic mass is 35.5. The molecule has 1 N–H and O–H groups in total. The third-order valence-electron chi connectivity index (χ3n) is 4.07. The number of nitrogens with one attached hydrogen (secondary N) is 1. The van der Waals surface area contributed by atoms with Crippen LogP contribution in [0.1, 0.15) is 40.0 Å². The topological polar surface area (TPSA) is 34.2 Å². The van der Waals surface area contributed by atoms with Crippen molar-refractivity contribution < 1.29 is 4.74 Å². The van der Waals surface area contributed by atoms with Crippen LogP contribution in [0.3, 0.4) is 0 Å². The number of hydrogen-bond donors (Lipinski definition) is 1. The maximum Gasteiger partial charge on any atom is 0.234 e. The number of pyridine rings is 1. The Labute approximate surface area is 131 Å². The van der Waals surface area contributed by atoms with Crippen molar-refractivity contribution in [1.29, 1.82) is 0 Å². The minimum absolute atomic E-state index is 0.196. The molecule has 1 heterocycles. The molecule has 0 radical (unpaired) electrons. The summed E-state index contributed by atoms with van der Waals surface area (Å²) in [6.45, 7) is 7.34. The first kappa shape index (κ1) is 15.7. The second-order valence-corrected chi connectivity index (χ2v) is 6.46. The molecule has 2 rings (SSSR count). The highest BCUT2D eigenvalue weighted by Gasteiger charge is 2.26. The molecule has 0 spiro atoms. The molecule has 112 valence electrons. The second-order valence-electron chi connectivity index (χ2n) is 5.64. The molecule has 0 amide bonds. The van der Waals surface area contributed by atoms with Gasteiger partial charge < -0.3 is 10.1 Å². The summed E-state index contributed by atoms with van der Waals surface area (Å²) in [5.74, 6) is 2.55. The average Bonchev–Trinajstić information content (AvgIpc) is 2.39. The summed E-state index contributed by atoms with van der Waals surface area (Å²) in [4.78, 5) is 4.40. The Bertz CT molecular complexity index is 467. The van der Waals surface area contributed by atoms with Crippen molar-refractivity contribution in [2.24, 2.45) is 11.8 Å². The fraction of sp³-hybridized carbons (Fsp3) is 0.667. The summed E-state index contributed by atoms with van der Waals surface area (Å²) in [7, 11) is 0. The normalized spacial score (nSPS) is 26.4. The smallest absolute Gasteiger partial charge is 0.234 e. The first-order valence-corrected chi connectivity index (χ1v) is 8.03. The summed E-state index contributed by atoms with van der Waals surface area (Å²) in [5, 5.41) is 4.11. The van der Waals surface area contributed by atoms with Gasteiger partial charge in [0.15, 0.2) is 0 Å². The lowest BCUT2D eigenvalue weighted by Crippen LogP contribution is -2.29. The first-order valence-electron chi connectivity index (χ1n) is 7.27. The van der Waals surface area contributed by atoms with Crippen LogP contribution < -0.4 is 10.1 Å². The molecule has 3 atom stereocenters. The highest BCUT2D eigenvalue weighted by molar-refractivity contribution is 6.36. The number of halogens is 2. The fourth-order valence-electron chi connectivity index (χ4n) is 2.59. The lowest BCUT2D eigenvalue weighted by Gasteiger charge is -2.32. The number of nitrogens with zero attached hydrogens (tertiary/aromatic N) is 1. The van der Waals surface area contributed by atoms with Crippen molar-refractivity contribution in [2.45, 2.75) is 46.1 Å². The maximum absolute atomic E-state index is 6.19. The zero-order chi connectivity index (χ0) is 14.7. The Morgan fingerprint density at radius 3 is 2.65 bits per heavy atom. The zero-order valence-electron chi connectivity index (χ0n) is 12.2. The minimum atomic E-state index is 0.196. The number of rotatable bonds is 4. The van der Waals surface area contributed by atoms with Gasteiger partial charge in [-0.3, -0.25) is 0 Å². The Hall–Kier alpha value is -0.670. The van der Waals surface area contributed by atoms with E-state index in [9.17, 15) is 0 Å². The monoisotopic (exact) mass is 316 g/mol. The van der Waals surface area contributed by atoms with Gasteiger partial charge in [0.1, 0.15) is 16.9 Å². The van der Waals surface area contributed by atoms with Crippen LogP contribution in [0, 0.1) is 11.8 Å². The van der Waals surface area contributed by atoms with Crippen LogP contribution in [0.4, 0.5) is 5.82 Å². The SMILES string of the molecule is CCNc1nc(OC2CCC(C)C(C)C2)c(Cl)cc1Cl. The van der Waals surface area contributed by atoms with Crippen molar-refractivity contribution in [3.63, 3.8) is 0 Å². The standard InChI is InChI=1S/C15H22Cl2N2O/c1-4-18-14-12(16)8-13(17)15(19-14)20-11-6-5-9(2)10(3)7-11/h8-11H,4-7H2,1-3H3,(H,18,19). The van der Waals surface area contributed by atoms with Crippen LogP contribution in [0.15, 0.2) is 6.07 Å². The molecular formula is C15H22Cl2N2O. The van der Waals surface area contributed by atoms with Gasteiger partial charge in [0.05, 0.1) is 5.02 Å². The molecule has 1 aliphatic rings. The molecule has 0 aliphatic heterocycles. The van der Waals surface area contributed by atoms with Crippen LogP contribution in [0.5, 0.6) is 5.88 Å². The number of ether oxygens (including phenoxy) is 1. The van der Waals surface area contributed by atoms with Crippen molar-refractivity contribution in [3.8, 4) is 5.88 Å². The molecule has 1 aromatic heterocycles. The summed E-state index contributed by atoms with van der Waals surface area (Å²) in [6, 6.07) is 1.69. The molecule has 1 fully saturated rings. The van der Waals surface area contributed by atoms with E-state index < -0.39 is 0 Å². The van der Waals surface area contributed by atoms with E-state index in [-0.39, 0.29) is 6.10 Å². The molecule has 0 aromatic carbocycles. The van der Waals surface area contributed by atoms with E-state index in [4.69, 9.17) is 27.9 Å². The average molecular weight is 317 g/mol. The van der Waals surface area contributed by atoms with Gasteiger partial charge in [-0.15, -0.1) is 0 Å². The molecule has 1 aliphatic carbocycles. The molecule has 1 saturated carbocycles. The van der Waals surface area contributed by atoms with Crippen LogP contribution >= 0.6 is 23.2 Å². The summed E-state index contributed by atoms with van der Waals surface area (Å²) in [6.07, 6.45) is 3.50. The van der Waals surface area contributed by atoms with Crippen LogP contribution in [-0.4, -0.2) is 17.6 Å². The van der Waals surface area contributed by atoms with Crippen molar-refractivity contribution in [1.82, 2.24) is 4.98 Å². The van der Waals surface area contributed by atoms with Crippen LogP contribution in [0.25, 0.3) is 0 Å². The predicted molar refractivity (Wildman–Crippen MR) is 85.0 cm³/mol. The Balaban J connectivity index is 2.10. The third kappa shape index (κ3) is 3.70. The Kier molecular flexibility index (Phi) is 5.39. The molecule has 3 unspecified atom stereocenters. The van der Waals surface area contributed by atoms with Gasteiger partial charge in [0, 0.05) is 6.54 Å². The molecular weight excluding hydrogens is 295 g/mol. The van der Waals surface area contributed by atoms with Gasteiger partial charge in [-0.25, -0.2) is 0 Å². The largest absolute Gasteiger partial charge is 0.473 e. The van der Waals surface area contributed by atoms with Crippen LogP contribution in [-0.2, 0) is 0 Å². The molecule has 20 heavy (non-hydrogen) atoms. The molecule has 1 aromatic rings. The molecule has 0 saturated heterocycles. The van der Waals surface area contributed by atoms with E-state index >= 15 is 0 Å². The van der Waals surface area contributed by atoms with E-state index in [0.717, 1.165) is 25.3 Å². The highest BCUT2D eigenvalue weighted by Crippen LogP contribution is 2.35. The van der Waals surface area contributed by atoms with Gasteiger partial charge in [0.25, 0.3) is 0 Å². The van der Waals surface area contributed by atoms with Crippen molar-refractivity contribution in [3.05, 3.63) is 16.1 Å². The maximum atomic E-state index is 6.19. The van der Waals surface area contributed by atoms with Crippen molar-refractivity contribution >= 4 is 29.0 Å². The van der Waals surface area contributed by atoms with Gasteiger partial charge in [-0.05, 0) is 44.1 Å². The lowest BCUT2D eigenvalue weighted by molar-refractivity contribution is 0.0967. The number of hydrogen-bond acceptors (Lipinski definition) is 3. The van der Waals surface area contributed by atoms with Gasteiger partial charge in [0.2, 0.25) is 5.88 Å². The second kappa shape index (κ2) is 6.86. The first-order chi connectivity index (χ1) is 9.51. The fourth-order valence-corrected chi connectivity index (χ4v) is 3.06. The summed E-state index contributed by atoms with van der Waals surface area (Å²) < 4.78 is 6.01.